The van der Waals surface area contributed by atoms with Crippen LogP contribution in [-0.4, -0.2) is 59.0 Å². The molecule has 0 unspecified atom stereocenters. The summed E-state index contributed by atoms with van der Waals surface area (Å²) in [6.45, 7) is 3.23. The van der Waals surface area contributed by atoms with Crippen LogP contribution in [0.2, 0.25) is 5.02 Å². The predicted octanol–water partition coefficient (Wildman–Crippen LogP) is 3.09. The third-order valence-electron chi connectivity index (χ3n) is 5.65. The van der Waals surface area contributed by atoms with E-state index >= 15 is 0 Å². The number of amides is 1. The van der Waals surface area contributed by atoms with Crippen molar-refractivity contribution in [3.05, 3.63) is 57.5 Å². The van der Waals surface area contributed by atoms with Crippen molar-refractivity contribution in [2.75, 3.05) is 26.2 Å². The molecule has 2 aliphatic heterocycles. The molecule has 1 aromatic heterocycles. The molecule has 0 aliphatic carbocycles. The van der Waals surface area contributed by atoms with Crippen LogP contribution in [0.15, 0.2) is 23.9 Å². The molecular weight excluding hydrogens is 459 g/mol. The molecule has 1 fully saturated rings. The molecule has 0 saturated carbocycles. The number of benzene rings is 1. The van der Waals surface area contributed by atoms with Crippen molar-refractivity contribution in [2.45, 2.75) is 32.2 Å². The number of hydrogen-bond acceptors (Lipinski definition) is 6. The Morgan fingerprint density at radius 2 is 2.00 bits per heavy atom. The Labute approximate surface area is 193 Å². The van der Waals surface area contributed by atoms with Crippen molar-refractivity contribution in [2.24, 2.45) is 5.73 Å². The van der Waals surface area contributed by atoms with Crippen LogP contribution in [0.5, 0.6) is 5.75 Å². The molecule has 3 heterocycles. The molecule has 1 amide bonds. The van der Waals surface area contributed by atoms with Crippen LogP contribution in [0.3, 0.4) is 0 Å². The van der Waals surface area contributed by atoms with E-state index in [-0.39, 0.29) is 37.4 Å². The standard InChI is InChI=1S/C22H23ClF3N5O2/c1-11-19(23)12(2)30-20(29-11)16-7-31(8-17(16)27)21(32)15-4-3-13(24)5-18(15)33-9-14-6-22(25,26)10-28-14/h3-5,14,28H,6-10,27H2,1-2H3/t14-/m1/s1. The first-order valence-corrected chi connectivity index (χ1v) is 10.7. The fourth-order valence-corrected chi connectivity index (χ4v) is 4.00. The Balaban J connectivity index is 1.51. The van der Waals surface area contributed by atoms with Gasteiger partial charge in [-0.2, -0.15) is 0 Å². The third-order valence-corrected chi connectivity index (χ3v) is 6.19. The number of nitrogens with zero attached hydrogens (tertiary/aromatic N) is 3. The normalized spacial score (nSPS) is 19.9. The molecule has 3 N–H and O–H groups in total. The maximum atomic E-state index is 13.9. The topological polar surface area (TPSA) is 93.4 Å². The van der Waals surface area contributed by atoms with E-state index in [4.69, 9.17) is 22.1 Å². The molecule has 1 saturated heterocycles. The second-order valence-corrected chi connectivity index (χ2v) is 8.66. The molecule has 0 bridgehead atoms. The summed E-state index contributed by atoms with van der Waals surface area (Å²) >= 11 is 6.15. The Morgan fingerprint density at radius 1 is 1.30 bits per heavy atom. The monoisotopic (exact) mass is 481 g/mol. The summed E-state index contributed by atoms with van der Waals surface area (Å²) in [7, 11) is 0. The Morgan fingerprint density at radius 3 is 2.64 bits per heavy atom. The number of alkyl halides is 2. The summed E-state index contributed by atoms with van der Waals surface area (Å²) in [5, 5.41) is 3.13. The van der Waals surface area contributed by atoms with Gasteiger partial charge in [-0.1, -0.05) is 11.6 Å². The smallest absolute Gasteiger partial charge is 0.261 e. The molecule has 4 rings (SSSR count). The molecule has 1 atom stereocenters. The van der Waals surface area contributed by atoms with Gasteiger partial charge in [0.2, 0.25) is 0 Å². The lowest BCUT2D eigenvalue weighted by atomic mass is 10.1. The van der Waals surface area contributed by atoms with E-state index in [1.165, 1.54) is 11.0 Å². The van der Waals surface area contributed by atoms with Crippen molar-refractivity contribution in [3.63, 3.8) is 0 Å². The van der Waals surface area contributed by atoms with E-state index in [1.807, 2.05) is 0 Å². The summed E-state index contributed by atoms with van der Waals surface area (Å²) in [6, 6.07) is 2.93. The number of aryl methyl sites for hydroxylation is 2. The summed E-state index contributed by atoms with van der Waals surface area (Å²) in [4.78, 5) is 23.5. The number of aromatic nitrogens is 2. The van der Waals surface area contributed by atoms with Gasteiger partial charge >= 0.3 is 0 Å². The maximum Gasteiger partial charge on any atom is 0.261 e. The molecule has 33 heavy (non-hydrogen) atoms. The zero-order valence-electron chi connectivity index (χ0n) is 18.1. The quantitative estimate of drug-likeness (QED) is 0.681. The fraction of sp³-hybridized carbons (Fsp3) is 0.409. The minimum Gasteiger partial charge on any atom is -0.491 e. The van der Waals surface area contributed by atoms with Crippen LogP contribution in [0, 0.1) is 19.7 Å². The zero-order valence-corrected chi connectivity index (χ0v) is 18.8. The van der Waals surface area contributed by atoms with Gasteiger partial charge in [-0.3, -0.25) is 4.79 Å². The third kappa shape index (κ3) is 4.91. The van der Waals surface area contributed by atoms with Gasteiger partial charge in [-0.25, -0.2) is 23.1 Å². The average molecular weight is 482 g/mol. The van der Waals surface area contributed by atoms with E-state index in [2.05, 4.69) is 15.3 Å². The summed E-state index contributed by atoms with van der Waals surface area (Å²) < 4.78 is 46.3. The SMILES string of the molecule is Cc1nc(C2=C(N)CN(C(=O)c3ccc(F)cc3OC[C@H]3CC(F)(F)CN3)C2)nc(C)c1Cl. The van der Waals surface area contributed by atoms with Gasteiger partial charge < -0.3 is 20.7 Å². The number of nitrogens with two attached hydrogens (primary N) is 1. The molecular formula is C22H23ClF3N5O2. The highest BCUT2D eigenvalue weighted by atomic mass is 35.5. The number of ether oxygens (including phenoxy) is 1. The summed E-state index contributed by atoms with van der Waals surface area (Å²) in [5.41, 5.74) is 8.54. The van der Waals surface area contributed by atoms with Gasteiger partial charge in [0.1, 0.15) is 18.2 Å². The number of rotatable bonds is 5. The van der Waals surface area contributed by atoms with E-state index in [9.17, 15) is 18.0 Å². The van der Waals surface area contributed by atoms with E-state index in [1.54, 1.807) is 13.8 Å². The molecule has 7 nitrogen and oxygen atoms in total. The number of halogens is 4. The Bertz CT molecular complexity index is 1120. The molecule has 2 aliphatic rings. The highest BCUT2D eigenvalue weighted by molar-refractivity contribution is 6.31. The minimum absolute atomic E-state index is 0.0153. The second-order valence-electron chi connectivity index (χ2n) is 8.29. The lowest BCUT2D eigenvalue weighted by Gasteiger charge is -2.20. The molecule has 0 spiro atoms. The van der Waals surface area contributed by atoms with Gasteiger partial charge in [-0.05, 0) is 26.0 Å². The lowest BCUT2D eigenvalue weighted by molar-refractivity contribution is 0.0195. The summed E-state index contributed by atoms with van der Waals surface area (Å²) in [6.07, 6.45) is -0.387. The molecule has 176 valence electrons. The van der Waals surface area contributed by atoms with E-state index in [0.29, 0.717) is 33.5 Å². The number of nitrogens with one attached hydrogen (secondary N) is 1. The van der Waals surface area contributed by atoms with Crippen molar-refractivity contribution >= 4 is 23.1 Å². The number of carbonyl (C=O) groups is 1. The fourth-order valence-electron chi connectivity index (χ4n) is 3.91. The molecule has 1 aromatic carbocycles. The van der Waals surface area contributed by atoms with Crippen LogP contribution in [0.4, 0.5) is 13.2 Å². The molecule has 2 aromatic rings. The Hall–Kier alpha value is -2.85. The van der Waals surface area contributed by atoms with Gasteiger partial charge in [0.15, 0.2) is 5.82 Å². The van der Waals surface area contributed by atoms with Crippen molar-refractivity contribution in [1.82, 2.24) is 20.2 Å². The van der Waals surface area contributed by atoms with Crippen molar-refractivity contribution in [1.29, 1.82) is 0 Å². The van der Waals surface area contributed by atoms with Gasteiger partial charge in [0, 0.05) is 29.8 Å². The molecule has 11 heteroatoms. The van der Waals surface area contributed by atoms with Crippen molar-refractivity contribution in [3.8, 4) is 5.75 Å². The maximum absolute atomic E-state index is 13.9. The average Bonchev–Trinajstić information content (AvgIpc) is 3.31. The first kappa shape index (κ1) is 23.3. The highest BCUT2D eigenvalue weighted by Crippen LogP contribution is 2.30. The number of hydrogen-bond donors (Lipinski definition) is 2. The van der Waals surface area contributed by atoms with Crippen LogP contribution >= 0.6 is 11.6 Å². The number of carbonyl (C=O) groups excluding carboxylic acids is 1. The lowest BCUT2D eigenvalue weighted by Crippen LogP contribution is -2.32. The zero-order chi connectivity index (χ0) is 23.9. The Kier molecular flexibility index (Phi) is 6.24. The van der Waals surface area contributed by atoms with Crippen LogP contribution < -0.4 is 15.8 Å². The first-order valence-electron chi connectivity index (χ1n) is 10.4. The van der Waals surface area contributed by atoms with Crippen LogP contribution in [0.1, 0.15) is 34.0 Å². The van der Waals surface area contributed by atoms with Crippen LogP contribution in [-0.2, 0) is 0 Å². The van der Waals surface area contributed by atoms with Crippen molar-refractivity contribution < 1.29 is 22.7 Å². The van der Waals surface area contributed by atoms with Gasteiger partial charge in [0.25, 0.3) is 11.8 Å². The van der Waals surface area contributed by atoms with E-state index < -0.39 is 30.2 Å². The summed E-state index contributed by atoms with van der Waals surface area (Å²) in [5.74, 6) is -3.48. The van der Waals surface area contributed by atoms with Crippen LogP contribution in [0.25, 0.3) is 5.57 Å². The highest BCUT2D eigenvalue weighted by Gasteiger charge is 2.39. The van der Waals surface area contributed by atoms with E-state index in [0.717, 1.165) is 12.1 Å². The second kappa shape index (κ2) is 8.83. The largest absolute Gasteiger partial charge is 0.491 e. The van der Waals surface area contributed by atoms with Gasteiger partial charge in [0.05, 0.1) is 41.6 Å². The first-order chi connectivity index (χ1) is 15.5. The predicted molar refractivity (Wildman–Crippen MR) is 117 cm³/mol. The minimum atomic E-state index is -2.82. The molecule has 0 radical (unpaired) electrons. The van der Waals surface area contributed by atoms with Gasteiger partial charge in [-0.15, -0.1) is 0 Å².